The van der Waals surface area contributed by atoms with Gasteiger partial charge in [-0.25, -0.2) is 4.98 Å². The summed E-state index contributed by atoms with van der Waals surface area (Å²) in [4.78, 5) is 16.2. The van der Waals surface area contributed by atoms with E-state index in [0.29, 0.717) is 5.69 Å². The molecule has 0 aliphatic rings. The fourth-order valence-electron chi connectivity index (χ4n) is 1.70. The molecule has 0 spiro atoms. The van der Waals surface area contributed by atoms with Crippen molar-refractivity contribution in [2.45, 2.75) is 6.92 Å². The van der Waals surface area contributed by atoms with Crippen molar-refractivity contribution in [2.75, 3.05) is 5.32 Å². The Morgan fingerprint density at radius 3 is 3.00 bits per heavy atom. The molecule has 20 heavy (non-hydrogen) atoms. The molecule has 8 heteroatoms. The van der Waals surface area contributed by atoms with Gasteiger partial charge in [0.15, 0.2) is 0 Å². The zero-order valence-electron chi connectivity index (χ0n) is 10.5. The number of hydrogen-bond acceptors (Lipinski definition) is 6. The maximum atomic E-state index is 11.8. The van der Waals surface area contributed by atoms with Crippen LogP contribution in [-0.2, 0) is 0 Å². The maximum absolute atomic E-state index is 11.8. The summed E-state index contributed by atoms with van der Waals surface area (Å²) in [6.45, 7) is 1.95. The zero-order valence-corrected chi connectivity index (χ0v) is 11.3. The summed E-state index contributed by atoms with van der Waals surface area (Å²) in [6.07, 6.45) is 0. The van der Waals surface area contributed by atoms with Crippen molar-refractivity contribution < 1.29 is 4.79 Å². The number of carbonyl (C=O) groups is 1. The highest BCUT2D eigenvalue weighted by atomic mass is 32.1. The smallest absolute Gasteiger partial charge is 0.297 e. The van der Waals surface area contributed by atoms with Gasteiger partial charge in [-0.05, 0) is 24.3 Å². The van der Waals surface area contributed by atoms with Gasteiger partial charge in [0, 0.05) is 16.6 Å². The molecule has 3 aromatic rings. The van der Waals surface area contributed by atoms with E-state index in [9.17, 15) is 4.79 Å². The predicted molar refractivity (Wildman–Crippen MR) is 74.4 cm³/mol. The molecular weight excluding hydrogens is 276 g/mol. The molecular formula is C12H10N6OS. The molecule has 1 amide bonds. The Kier molecular flexibility index (Phi) is 3.21. The van der Waals surface area contributed by atoms with Gasteiger partial charge in [-0.3, -0.25) is 4.79 Å². The molecule has 0 aliphatic heterocycles. The van der Waals surface area contributed by atoms with Crippen LogP contribution in [0.25, 0.3) is 11.3 Å². The van der Waals surface area contributed by atoms with Crippen molar-refractivity contribution in [3.05, 3.63) is 40.5 Å². The summed E-state index contributed by atoms with van der Waals surface area (Å²) in [7, 11) is 0. The summed E-state index contributed by atoms with van der Waals surface area (Å²) in [5, 5.41) is 18.5. The number of hydrogen-bond donors (Lipinski definition) is 2. The molecule has 2 N–H and O–H groups in total. The number of nitrogens with zero attached hydrogens (tertiary/aromatic N) is 4. The lowest BCUT2D eigenvalue weighted by atomic mass is 10.1. The number of anilines is 1. The van der Waals surface area contributed by atoms with Crippen LogP contribution in [-0.4, -0.2) is 31.5 Å². The first-order chi connectivity index (χ1) is 9.72. The average molecular weight is 286 g/mol. The SMILES string of the molecule is Cc1nc(-c2cccc(NC(=O)c3nn[nH]n3)c2)cs1. The molecule has 2 aromatic heterocycles. The third-order valence-corrected chi connectivity index (χ3v) is 3.36. The molecule has 2 heterocycles. The van der Waals surface area contributed by atoms with E-state index in [1.54, 1.807) is 17.4 Å². The van der Waals surface area contributed by atoms with Gasteiger partial charge in [0.1, 0.15) is 0 Å². The van der Waals surface area contributed by atoms with Crippen LogP contribution in [0.15, 0.2) is 29.6 Å². The topological polar surface area (TPSA) is 96.5 Å². The Morgan fingerprint density at radius 1 is 1.40 bits per heavy atom. The van der Waals surface area contributed by atoms with Crippen molar-refractivity contribution in [3.63, 3.8) is 0 Å². The van der Waals surface area contributed by atoms with E-state index < -0.39 is 5.91 Å². The van der Waals surface area contributed by atoms with E-state index in [4.69, 9.17) is 0 Å². The second kappa shape index (κ2) is 5.17. The van der Waals surface area contributed by atoms with Gasteiger partial charge >= 0.3 is 0 Å². The number of benzene rings is 1. The van der Waals surface area contributed by atoms with Crippen molar-refractivity contribution in [1.82, 2.24) is 25.6 Å². The fraction of sp³-hybridized carbons (Fsp3) is 0.0833. The number of rotatable bonds is 3. The fourth-order valence-corrected chi connectivity index (χ4v) is 2.32. The second-order valence-electron chi connectivity index (χ2n) is 4.02. The van der Waals surface area contributed by atoms with Gasteiger partial charge in [0.05, 0.1) is 10.7 Å². The molecule has 0 atom stereocenters. The predicted octanol–water partition coefficient (Wildman–Crippen LogP) is 1.88. The second-order valence-corrected chi connectivity index (χ2v) is 5.08. The number of aryl methyl sites for hydroxylation is 1. The van der Waals surface area contributed by atoms with Crippen LogP contribution in [0.1, 0.15) is 15.6 Å². The third-order valence-electron chi connectivity index (χ3n) is 2.58. The largest absolute Gasteiger partial charge is 0.319 e. The average Bonchev–Trinajstić information content (AvgIpc) is 3.10. The number of H-pyrrole nitrogens is 1. The highest BCUT2D eigenvalue weighted by Crippen LogP contribution is 2.24. The molecule has 3 rings (SSSR count). The Hall–Kier alpha value is -2.61. The lowest BCUT2D eigenvalue weighted by Crippen LogP contribution is -2.13. The van der Waals surface area contributed by atoms with Crippen LogP contribution >= 0.6 is 11.3 Å². The number of amides is 1. The van der Waals surface area contributed by atoms with Gasteiger partial charge in [0.25, 0.3) is 11.7 Å². The van der Waals surface area contributed by atoms with Crippen LogP contribution in [0.4, 0.5) is 5.69 Å². The quantitative estimate of drug-likeness (QED) is 0.766. The first-order valence-electron chi connectivity index (χ1n) is 5.80. The normalized spacial score (nSPS) is 10.4. The minimum absolute atomic E-state index is 0.0000872. The third kappa shape index (κ3) is 2.54. The van der Waals surface area contributed by atoms with Gasteiger partial charge in [-0.1, -0.05) is 12.1 Å². The molecule has 0 aliphatic carbocycles. The van der Waals surface area contributed by atoms with E-state index in [1.807, 2.05) is 30.5 Å². The Balaban J connectivity index is 1.83. The molecule has 0 saturated carbocycles. The number of aromatic nitrogens is 5. The van der Waals surface area contributed by atoms with E-state index in [-0.39, 0.29) is 5.82 Å². The molecule has 1 aromatic carbocycles. The molecule has 100 valence electrons. The van der Waals surface area contributed by atoms with Gasteiger partial charge in [-0.2, -0.15) is 5.21 Å². The van der Waals surface area contributed by atoms with Crippen LogP contribution in [0.5, 0.6) is 0 Å². The molecule has 0 bridgehead atoms. The highest BCUT2D eigenvalue weighted by Gasteiger charge is 2.11. The van der Waals surface area contributed by atoms with E-state index in [0.717, 1.165) is 16.3 Å². The molecule has 0 fully saturated rings. The lowest BCUT2D eigenvalue weighted by molar-refractivity contribution is 0.101. The van der Waals surface area contributed by atoms with Crippen molar-refractivity contribution in [1.29, 1.82) is 0 Å². The molecule has 7 nitrogen and oxygen atoms in total. The van der Waals surface area contributed by atoms with Crippen LogP contribution < -0.4 is 5.32 Å². The molecule has 0 unspecified atom stereocenters. The van der Waals surface area contributed by atoms with Crippen molar-refractivity contribution in [3.8, 4) is 11.3 Å². The summed E-state index contributed by atoms with van der Waals surface area (Å²) < 4.78 is 0. The number of aromatic amines is 1. The lowest BCUT2D eigenvalue weighted by Gasteiger charge is -2.04. The minimum atomic E-state index is -0.412. The van der Waals surface area contributed by atoms with Crippen LogP contribution in [0, 0.1) is 6.92 Å². The molecule has 0 radical (unpaired) electrons. The van der Waals surface area contributed by atoms with Crippen LogP contribution in [0.2, 0.25) is 0 Å². The van der Waals surface area contributed by atoms with Gasteiger partial charge in [-0.15, -0.1) is 21.5 Å². The first-order valence-corrected chi connectivity index (χ1v) is 6.68. The van der Waals surface area contributed by atoms with Gasteiger partial charge < -0.3 is 5.32 Å². The van der Waals surface area contributed by atoms with E-state index >= 15 is 0 Å². The van der Waals surface area contributed by atoms with E-state index in [1.165, 1.54) is 0 Å². The van der Waals surface area contributed by atoms with Crippen molar-refractivity contribution >= 4 is 22.9 Å². The standard InChI is InChI=1S/C12H10N6OS/c1-7-13-10(6-20-7)8-3-2-4-9(5-8)14-12(19)11-15-17-18-16-11/h2-6H,1H3,(H,14,19)(H,15,16,17,18). The molecule has 0 saturated heterocycles. The minimum Gasteiger partial charge on any atom is -0.319 e. The summed E-state index contributed by atoms with van der Waals surface area (Å²) >= 11 is 1.59. The highest BCUT2D eigenvalue weighted by molar-refractivity contribution is 7.09. The Bertz CT molecular complexity index is 736. The first kappa shape index (κ1) is 12.4. The Labute approximate surface area is 118 Å². The number of nitrogens with one attached hydrogen (secondary N) is 2. The van der Waals surface area contributed by atoms with Gasteiger partial charge in [0.2, 0.25) is 0 Å². The Morgan fingerprint density at radius 2 is 2.30 bits per heavy atom. The number of carbonyl (C=O) groups excluding carboxylic acids is 1. The number of thiazole rings is 1. The van der Waals surface area contributed by atoms with Crippen LogP contribution in [0.3, 0.4) is 0 Å². The van der Waals surface area contributed by atoms with Crippen molar-refractivity contribution in [2.24, 2.45) is 0 Å². The number of tetrazole rings is 1. The maximum Gasteiger partial charge on any atom is 0.297 e. The monoisotopic (exact) mass is 286 g/mol. The summed E-state index contributed by atoms with van der Waals surface area (Å²) in [5.41, 5.74) is 2.49. The summed E-state index contributed by atoms with van der Waals surface area (Å²) in [5.74, 6) is -0.412. The van der Waals surface area contributed by atoms with E-state index in [2.05, 4.69) is 30.9 Å². The zero-order chi connectivity index (χ0) is 13.9. The summed E-state index contributed by atoms with van der Waals surface area (Å²) in [6, 6.07) is 7.45.